The number of carbonyl (C=O) groups is 1. The van der Waals surface area contributed by atoms with Crippen molar-refractivity contribution in [3.63, 3.8) is 0 Å². The van der Waals surface area contributed by atoms with Gasteiger partial charge in [0.15, 0.2) is 18.1 Å². The fourth-order valence-electron chi connectivity index (χ4n) is 2.53. The predicted molar refractivity (Wildman–Crippen MR) is 90.2 cm³/mol. The van der Waals surface area contributed by atoms with Crippen LogP contribution in [0.25, 0.3) is 0 Å². The van der Waals surface area contributed by atoms with E-state index in [1.165, 1.54) is 0 Å². The molecule has 2 aromatic carbocycles. The second-order valence-corrected chi connectivity index (χ2v) is 5.90. The maximum atomic E-state index is 12.5. The second kappa shape index (κ2) is 7.25. The zero-order valence-corrected chi connectivity index (χ0v) is 13.9. The summed E-state index contributed by atoms with van der Waals surface area (Å²) in [6.07, 6.45) is 0. The molecule has 2 aromatic rings. The zero-order valence-electron chi connectivity index (χ0n) is 13.9. The van der Waals surface area contributed by atoms with Gasteiger partial charge in [-0.05, 0) is 31.5 Å². The lowest BCUT2D eigenvalue weighted by atomic mass is 10.2. The van der Waals surface area contributed by atoms with Crippen LogP contribution in [0.4, 0.5) is 0 Å². The van der Waals surface area contributed by atoms with Gasteiger partial charge in [-0.2, -0.15) is 0 Å². The van der Waals surface area contributed by atoms with Crippen LogP contribution >= 0.6 is 0 Å². The summed E-state index contributed by atoms with van der Waals surface area (Å²) in [5.41, 5.74) is 1.10. The van der Waals surface area contributed by atoms with E-state index in [4.69, 9.17) is 14.2 Å². The summed E-state index contributed by atoms with van der Waals surface area (Å²) < 4.78 is 16.2. The number of ether oxygens (including phenoxy) is 3. The van der Waals surface area contributed by atoms with Crippen LogP contribution in [0.5, 0.6) is 17.2 Å². The van der Waals surface area contributed by atoms with Gasteiger partial charge in [0.1, 0.15) is 5.75 Å². The molecule has 5 heteroatoms. The van der Waals surface area contributed by atoms with E-state index in [0.717, 1.165) is 5.56 Å². The second-order valence-electron chi connectivity index (χ2n) is 5.90. The topological polar surface area (TPSA) is 48.0 Å². The molecule has 0 spiro atoms. The van der Waals surface area contributed by atoms with Crippen LogP contribution in [-0.2, 0) is 11.3 Å². The van der Waals surface area contributed by atoms with Gasteiger partial charge >= 0.3 is 0 Å². The van der Waals surface area contributed by atoms with Gasteiger partial charge in [0.05, 0.1) is 0 Å². The Morgan fingerprint density at radius 2 is 1.88 bits per heavy atom. The summed E-state index contributed by atoms with van der Waals surface area (Å²) in [5.74, 6) is 1.88. The smallest absolute Gasteiger partial charge is 0.261 e. The fraction of sp³-hybridized carbons (Fsp3) is 0.316. The first-order valence-corrected chi connectivity index (χ1v) is 7.99. The Kier molecular flexibility index (Phi) is 4.89. The Morgan fingerprint density at radius 3 is 2.62 bits per heavy atom. The summed E-state index contributed by atoms with van der Waals surface area (Å²) in [7, 11) is 0. The maximum absolute atomic E-state index is 12.5. The number of hydrogen-bond acceptors (Lipinski definition) is 4. The average Bonchev–Trinajstić information content (AvgIpc) is 3.06. The predicted octanol–water partition coefficient (Wildman–Crippen LogP) is 3.23. The molecule has 24 heavy (non-hydrogen) atoms. The Hall–Kier alpha value is -2.69. The number of nitrogens with zero attached hydrogens (tertiary/aromatic N) is 1. The van der Waals surface area contributed by atoms with Crippen molar-refractivity contribution in [3.05, 3.63) is 54.1 Å². The van der Waals surface area contributed by atoms with E-state index in [2.05, 4.69) is 0 Å². The first-order chi connectivity index (χ1) is 11.6. The number of rotatable bonds is 6. The van der Waals surface area contributed by atoms with Crippen LogP contribution in [0.2, 0.25) is 0 Å². The van der Waals surface area contributed by atoms with Crippen LogP contribution < -0.4 is 14.2 Å². The van der Waals surface area contributed by atoms with Crippen molar-refractivity contribution in [2.24, 2.45) is 0 Å². The third kappa shape index (κ3) is 3.79. The van der Waals surface area contributed by atoms with E-state index >= 15 is 0 Å². The van der Waals surface area contributed by atoms with Crippen LogP contribution in [0, 0.1) is 0 Å². The third-order valence-electron chi connectivity index (χ3n) is 3.85. The van der Waals surface area contributed by atoms with Gasteiger partial charge in [0.25, 0.3) is 5.91 Å². The summed E-state index contributed by atoms with van der Waals surface area (Å²) in [6, 6.07) is 15.3. The highest BCUT2D eigenvalue weighted by Crippen LogP contribution is 2.35. The molecule has 0 atom stereocenters. The van der Waals surface area contributed by atoms with Crippen molar-refractivity contribution in [1.82, 2.24) is 4.90 Å². The minimum Gasteiger partial charge on any atom is -0.484 e. The molecule has 0 aromatic heterocycles. The lowest BCUT2D eigenvalue weighted by Gasteiger charge is -2.27. The van der Waals surface area contributed by atoms with Crippen LogP contribution in [0.3, 0.4) is 0 Å². The Bertz CT molecular complexity index is 700. The monoisotopic (exact) mass is 327 g/mol. The van der Waals surface area contributed by atoms with Crippen LogP contribution in [0.1, 0.15) is 19.4 Å². The van der Waals surface area contributed by atoms with Gasteiger partial charge in [-0.1, -0.05) is 30.3 Å². The SMILES string of the molecule is CC(C)N(Cc1ccccc1)C(=O)COc1ccc2c(c1)OCO2. The molecule has 0 saturated carbocycles. The molecule has 0 bridgehead atoms. The van der Waals surface area contributed by atoms with Crippen molar-refractivity contribution < 1.29 is 19.0 Å². The molecule has 1 heterocycles. The molecular weight excluding hydrogens is 306 g/mol. The first kappa shape index (κ1) is 16.2. The molecule has 1 aliphatic rings. The van der Waals surface area contributed by atoms with Crippen LogP contribution in [-0.4, -0.2) is 30.2 Å². The zero-order chi connectivity index (χ0) is 16.9. The summed E-state index contributed by atoms with van der Waals surface area (Å²) >= 11 is 0. The number of carbonyl (C=O) groups excluding carboxylic acids is 1. The summed E-state index contributed by atoms with van der Waals surface area (Å²) in [6.45, 7) is 4.78. The molecule has 1 amide bonds. The lowest BCUT2D eigenvalue weighted by Crippen LogP contribution is -2.39. The van der Waals surface area contributed by atoms with E-state index in [1.54, 1.807) is 18.2 Å². The normalized spacial score (nSPS) is 12.3. The summed E-state index contributed by atoms with van der Waals surface area (Å²) in [5, 5.41) is 0. The highest BCUT2D eigenvalue weighted by Gasteiger charge is 2.19. The van der Waals surface area contributed by atoms with Gasteiger partial charge in [0, 0.05) is 18.7 Å². The molecule has 0 radical (unpaired) electrons. The van der Waals surface area contributed by atoms with Gasteiger partial charge in [-0.15, -0.1) is 0 Å². The molecular formula is C19H21NO4. The van der Waals surface area contributed by atoms with Crippen LogP contribution in [0.15, 0.2) is 48.5 Å². The minimum atomic E-state index is -0.0495. The lowest BCUT2D eigenvalue weighted by molar-refractivity contribution is -0.135. The van der Waals surface area contributed by atoms with Gasteiger partial charge in [-0.25, -0.2) is 0 Å². The summed E-state index contributed by atoms with van der Waals surface area (Å²) in [4.78, 5) is 14.3. The molecule has 0 unspecified atom stereocenters. The highest BCUT2D eigenvalue weighted by molar-refractivity contribution is 5.78. The van der Waals surface area contributed by atoms with Gasteiger partial charge in [0.2, 0.25) is 6.79 Å². The number of fused-ring (bicyclic) bond motifs is 1. The Balaban J connectivity index is 1.61. The first-order valence-electron chi connectivity index (χ1n) is 7.99. The third-order valence-corrected chi connectivity index (χ3v) is 3.85. The van der Waals surface area contributed by atoms with E-state index < -0.39 is 0 Å². The van der Waals surface area contributed by atoms with Gasteiger partial charge < -0.3 is 19.1 Å². The number of hydrogen-bond donors (Lipinski definition) is 0. The number of amides is 1. The fourth-order valence-corrected chi connectivity index (χ4v) is 2.53. The molecule has 3 rings (SSSR count). The Morgan fingerprint density at radius 1 is 1.12 bits per heavy atom. The molecule has 0 saturated heterocycles. The standard InChI is InChI=1S/C19H21NO4/c1-14(2)20(11-15-6-4-3-5-7-15)19(21)12-22-16-8-9-17-18(10-16)24-13-23-17/h3-10,14H,11-13H2,1-2H3. The molecule has 0 fully saturated rings. The van der Waals surface area contributed by atoms with Crippen molar-refractivity contribution in [1.29, 1.82) is 0 Å². The van der Waals surface area contributed by atoms with Crippen molar-refractivity contribution in [2.75, 3.05) is 13.4 Å². The van der Waals surface area contributed by atoms with E-state index in [0.29, 0.717) is 23.8 Å². The highest BCUT2D eigenvalue weighted by atomic mass is 16.7. The van der Waals surface area contributed by atoms with Gasteiger partial charge in [-0.3, -0.25) is 4.79 Å². The largest absolute Gasteiger partial charge is 0.484 e. The van der Waals surface area contributed by atoms with E-state index in [9.17, 15) is 4.79 Å². The minimum absolute atomic E-state index is 0.00927. The Labute approximate surface area is 141 Å². The molecule has 126 valence electrons. The van der Waals surface area contributed by atoms with E-state index in [-0.39, 0.29) is 25.3 Å². The maximum Gasteiger partial charge on any atom is 0.261 e. The van der Waals surface area contributed by atoms with Crippen molar-refractivity contribution in [2.45, 2.75) is 26.4 Å². The van der Waals surface area contributed by atoms with Crippen molar-refractivity contribution in [3.8, 4) is 17.2 Å². The quantitative estimate of drug-likeness (QED) is 0.817. The molecule has 5 nitrogen and oxygen atoms in total. The average molecular weight is 327 g/mol. The molecule has 0 N–H and O–H groups in total. The number of benzene rings is 2. The molecule has 0 aliphatic carbocycles. The van der Waals surface area contributed by atoms with Crippen molar-refractivity contribution >= 4 is 5.91 Å². The van der Waals surface area contributed by atoms with E-state index in [1.807, 2.05) is 49.1 Å². The molecule has 1 aliphatic heterocycles.